The second kappa shape index (κ2) is 6.99. The Kier molecular flexibility index (Phi) is 5.17. The van der Waals surface area contributed by atoms with Crippen LogP contribution in [0.2, 0.25) is 19.6 Å². The molecule has 0 aromatic carbocycles. The molecule has 2 fully saturated rings. The van der Waals surface area contributed by atoms with Crippen molar-refractivity contribution in [1.82, 2.24) is 0 Å². The third-order valence-corrected chi connectivity index (χ3v) is 10.0. The molecular formula is C26H40O3Si. The highest BCUT2D eigenvalue weighted by atomic mass is 28.3. The lowest BCUT2D eigenvalue weighted by molar-refractivity contribution is -0.188. The Labute approximate surface area is 184 Å². The normalized spacial score (nSPS) is 47.7. The van der Waals surface area contributed by atoms with Gasteiger partial charge in [-0.2, -0.15) is 0 Å². The summed E-state index contributed by atoms with van der Waals surface area (Å²) in [6.07, 6.45) is 8.62. The SMILES string of the molecule is COC1=CC2=CC[C@H]3[C@@H]4C[C@H](C)[C@H](O)[C@@]4(C)CC[C@]3(O)[C@@]2(C)CC1C#C[Si](C)(C)C. The van der Waals surface area contributed by atoms with E-state index in [0.29, 0.717) is 11.8 Å². The van der Waals surface area contributed by atoms with Gasteiger partial charge in [-0.3, -0.25) is 0 Å². The molecule has 1 unspecified atom stereocenters. The van der Waals surface area contributed by atoms with E-state index in [0.717, 1.165) is 37.9 Å². The average Bonchev–Trinajstić information content (AvgIpc) is 2.90. The van der Waals surface area contributed by atoms with Gasteiger partial charge in [-0.1, -0.05) is 52.4 Å². The van der Waals surface area contributed by atoms with Crippen molar-refractivity contribution < 1.29 is 14.9 Å². The van der Waals surface area contributed by atoms with Gasteiger partial charge >= 0.3 is 0 Å². The van der Waals surface area contributed by atoms with Gasteiger partial charge in [0.05, 0.1) is 24.7 Å². The maximum atomic E-state index is 12.4. The van der Waals surface area contributed by atoms with E-state index in [1.165, 1.54) is 5.57 Å². The van der Waals surface area contributed by atoms with Crippen LogP contribution in [0.5, 0.6) is 0 Å². The van der Waals surface area contributed by atoms with Crippen molar-refractivity contribution in [3.63, 3.8) is 0 Å². The topological polar surface area (TPSA) is 49.7 Å². The van der Waals surface area contributed by atoms with Crippen LogP contribution in [-0.4, -0.2) is 37.1 Å². The van der Waals surface area contributed by atoms with Gasteiger partial charge in [0.2, 0.25) is 0 Å². The monoisotopic (exact) mass is 428 g/mol. The fourth-order valence-corrected chi connectivity index (χ4v) is 7.89. The van der Waals surface area contributed by atoms with Crippen LogP contribution in [0.1, 0.15) is 52.9 Å². The predicted octanol–water partition coefficient (Wildman–Crippen LogP) is 4.92. The van der Waals surface area contributed by atoms with E-state index in [4.69, 9.17) is 4.74 Å². The number of methoxy groups -OCH3 is 1. The Morgan fingerprint density at radius 2 is 1.87 bits per heavy atom. The lowest BCUT2D eigenvalue weighted by Gasteiger charge is -2.61. The predicted molar refractivity (Wildman–Crippen MR) is 124 cm³/mol. The maximum Gasteiger partial charge on any atom is 0.129 e. The van der Waals surface area contributed by atoms with Crippen LogP contribution in [0.25, 0.3) is 0 Å². The summed E-state index contributed by atoms with van der Waals surface area (Å²) in [5, 5.41) is 23.3. The molecule has 4 aliphatic rings. The van der Waals surface area contributed by atoms with Gasteiger partial charge in [0.1, 0.15) is 13.8 Å². The summed E-state index contributed by atoms with van der Waals surface area (Å²) in [5.74, 6) is 5.40. The summed E-state index contributed by atoms with van der Waals surface area (Å²) in [6.45, 7) is 13.5. The molecule has 0 saturated heterocycles. The first-order chi connectivity index (χ1) is 13.9. The van der Waals surface area contributed by atoms with E-state index in [-0.39, 0.29) is 28.8 Å². The van der Waals surface area contributed by atoms with Gasteiger partial charge in [-0.25, -0.2) is 0 Å². The van der Waals surface area contributed by atoms with Crippen molar-refractivity contribution in [2.24, 2.45) is 34.5 Å². The lowest BCUT2D eigenvalue weighted by Crippen LogP contribution is -2.63. The Morgan fingerprint density at radius 3 is 2.50 bits per heavy atom. The van der Waals surface area contributed by atoms with Gasteiger partial charge in [-0.05, 0) is 66.9 Å². The van der Waals surface area contributed by atoms with Gasteiger partial charge < -0.3 is 14.9 Å². The second-order valence-electron chi connectivity index (χ2n) is 12.1. The highest BCUT2D eigenvalue weighted by Crippen LogP contribution is 2.67. The van der Waals surface area contributed by atoms with E-state index < -0.39 is 13.7 Å². The van der Waals surface area contributed by atoms with Crippen molar-refractivity contribution in [1.29, 1.82) is 0 Å². The fourth-order valence-electron chi connectivity index (χ4n) is 7.28. The van der Waals surface area contributed by atoms with Crippen LogP contribution in [0.4, 0.5) is 0 Å². The van der Waals surface area contributed by atoms with E-state index in [2.05, 4.69) is 64.0 Å². The molecule has 30 heavy (non-hydrogen) atoms. The van der Waals surface area contributed by atoms with Crippen LogP contribution < -0.4 is 0 Å². The first-order valence-corrected chi connectivity index (χ1v) is 15.2. The molecule has 4 aliphatic carbocycles. The van der Waals surface area contributed by atoms with E-state index in [1.54, 1.807) is 7.11 Å². The molecule has 0 bridgehead atoms. The summed E-state index contributed by atoms with van der Waals surface area (Å²) in [6, 6.07) is 0. The van der Waals surface area contributed by atoms with Crippen molar-refractivity contribution >= 4 is 8.07 Å². The Balaban J connectivity index is 1.75. The lowest BCUT2D eigenvalue weighted by atomic mass is 9.45. The fraction of sp³-hybridized carbons (Fsp3) is 0.769. The van der Waals surface area contributed by atoms with Gasteiger partial charge in [-0.15, -0.1) is 5.54 Å². The molecule has 166 valence electrons. The summed E-state index contributed by atoms with van der Waals surface area (Å²) < 4.78 is 5.76. The van der Waals surface area contributed by atoms with Gasteiger partial charge in [0.15, 0.2) is 0 Å². The summed E-state index contributed by atoms with van der Waals surface area (Å²) in [7, 11) is 0.246. The molecule has 4 rings (SSSR count). The van der Waals surface area contributed by atoms with E-state index >= 15 is 0 Å². The minimum atomic E-state index is -1.50. The van der Waals surface area contributed by atoms with Crippen LogP contribution >= 0.6 is 0 Å². The Hall–Kier alpha value is -1.02. The highest BCUT2D eigenvalue weighted by Gasteiger charge is 2.66. The summed E-state index contributed by atoms with van der Waals surface area (Å²) >= 11 is 0. The number of allylic oxidation sites excluding steroid dienone is 3. The molecule has 4 heteroatoms. The molecule has 0 radical (unpaired) electrons. The highest BCUT2D eigenvalue weighted by molar-refractivity contribution is 6.83. The maximum absolute atomic E-state index is 12.4. The third-order valence-electron chi connectivity index (χ3n) is 9.13. The molecule has 2 N–H and O–H groups in total. The Bertz CT molecular complexity index is 843. The Morgan fingerprint density at radius 1 is 1.17 bits per heavy atom. The number of fused-ring (bicyclic) bond motifs is 5. The molecule has 0 spiro atoms. The minimum absolute atomic E-state index is 0.0352. The number of hydrogen-bond acceptors (Lipinski definition) is 3. The molecule has 0 amide bonds. The zero-order valence-electron chi connectivity index (χ0n) is 19.9. The molecule has 8 atom stereocenters. The third kappa shape index (κ3) is 3.07. The average molecular weight is 429 g/mol. The van der Waals surface area contributed by atoms with Gasteiger partial charge in [0, 0.05) is 5.41 Å². The standard InChI is InChI=1S/C26H40O3Si/c1-17-14-21-20-9-8-19-15-22(29-4)18(10-13-30(5,6)7)16-25(19,3)26(20,28)12-11-24(21,2)23(17)27/h8,15,17-18,20-21,23,27-28H,9,11-12,14,16H2,1-7H3/t17-,18?,20-,21-,23-,24-,25-,26+/m0/s1. The second-order valence-corrected chi connectivity index (χ2v) is 16.8. The number of aliphatic hydroxyl groups is 2. The van der Waals surface area contributed by atoms with E-state index in [9.17, 15) is 10.2 Å². The zero-order chi connectivity index (χ0) is 22.1. The van der Waals surface area contributed by atoms with Crippen LogP contribution in [0.3, 0.4) is 0 Å². The molecule has 0 aromatic heterocycles. The molecule has 0 heterocycles. The van der Waals surface area contributed by atoms with Gasteiger partial charge in [0.25, 0.3) is 0 Å². The van der Waals surface area contributed by atoms with Crippen molar-refractivity contribution in [3.8, 4) is 11.5 Å². The molecule has 0 aliphatic heterocycles. The van der Waals surface area contributed by atoms with Crippen molar-refractivity contribution in [2.45, 2.75) is 84.2 Å². The van der Waals surface area contributed by atoms with Crippen molar-refractivity contribution in [3.05, 3.63) is 23.5 Å². The molecule has 3 nitrogen and oxygen atoms in total. The number of hydrogen-bond donors (Lipinski definition) is 2. The van der Waals surface area contributed by atoms with Crippen LogP contribution in [-0.2, 0) is 4.74 Å². The smallest absolute Gasteiger partial charge is 0.129 e. The largest absolute Gasteiger partial charge is 0.500 e. The number of rotatable bonds is 1. The van der Waals surface area contributed by atoms with Crippen molar-refractivity contribution in [2.75, 3.05) is 7.11 Å². The first kappa shape index (κ1) is 22.2. The zero-order valence-corrected chi connectivity index (χ0v) is 20.9. The van der Waals surface area contributed by atoms with E-state index in [1.807, 2.05) is 0 Å². The molecule has 2 saturated carbocycles. The summed E-state index contributed by atoms with van der Waals surface area (Å²) in [4.78, 5) is 0. The number of ether oxygens (including phenoxy) is 1. The summed E-state index contributed by atoms with van der Waals surface area (Å²) in [5.41, 5.74) is 3.62. The molecular weight excluding hydrogens is 388 g/mol. The quantitative estimate of drug-likeness (QED) is 0.460. The number of aliphatic hydroxyl groups excluding tert-OH is 1. The first-order valence-electron chi connectivity index (χ1n) is 11.7. The van der Waals surface area contributed by atoms with Crippen LogP contribution in [0.15, 0.2) is 23.5 Å². The molecule has 0 aromatic rings. The minimum Gasteiger partial charge on any atom is -0.500 e. The van der Waals surface area contributed by atoms with Crippen LogP contribution in [0, 0.1) is 46.0 Å².